The van der Waals surface area contributed by atoms with E-state index >= 15 is 0 Å². The highest BCUT2D eigenvalue weighted by Gasteiger charge is 2.34. The molecule has 4 heteroatoms. The van der Waals surface area contributed by atoms with Crippen LogP contribution in [0.3, 0.4) is 0 Å². The SMILES string of the molecule is O=C1C(c2c[nH]c3ccccc23)=C(c2c[nH]c3ccccc23)CN1Cc1ccccc1. The molecule has 0 radical (unpaired) electrons. The largest absolute Gasteiger partial charge is 0.361 e. The molecule has 0 bridgehead atoms. The van der Waals surface area contributed by atoms with Crippen LogP contribution < -0.4 is 0 Å². The number of aromatic amines is 2. The minimum atomic E-state index is 0.0777. The lowest BCUT2D eigenvalue weighted by Crippen LogP contribution is -2.26. The van der Waals surface area contributed by atoms with Gasteiger partial charge in [-0.1, -0.05) is 66.7 Å². The topological polar surface area (TPSA) is 51.9 Å². The van der Waals surface area contributed by atoms with E-state index in [9.17, 15) is 4.79 Å². The number of H-pyrrole nitrogens is 2. The zero-order chi connectivity index (χ0) is 20.8. The number of nitrogens with zero attached hydrogens (tertiary/aromatic N) is 1. The minimum absolute atomic E-state index is 0.0777. The first-order valence-corrected chi connectivity index (χ1v) is 10.5. The van der Waals surface area contributed by atoms with Crippen molar-refractivity contribution in [1.29, 1.82) is 0 Å². The molecule has 5 aromatic rings. The molecule has 150 valence electrons. The number of rotatable bonds is 4. The van der Waals surface area contributed by atoms with E-state index in [1.165, 1.54) is 0 Å². The fourth-order valence-electron chi connectivity index (χ4n) is 4.66. The molecule has 1 aliphatic rings. The third-order valence-corrected chi connectivity index (χ3v) is 6.14. The number of carbonyl (C=O) groups is 1. The molecule has 0 atom stereocenters. The van der Waals surface area contributed by atoms with E-state index in [0.717, 1.165) is 49.6 Å². The molecule has 0 saturated heterocycles. The van der Waals surface area contributed by atoms with Crippen LogP contribution in [0, 0.1) is 0 Å². The van der Waals surface area contributed by atoms with Crippen molar-refractivity contribution in [2.24, 2.45) is 0 Å². The molecule has 1 amide bonds. The maximum atomic E-state index is 13.7. The average Bonchev–Trinajstić information content (AvgIpc) is 3.50. The first-order valence-electron chi connectivity index (χ1n) is 10.5. The Bertz CT molecular complexity index is 1460. The Labute approximate surface area is 179 Å². The second-order valence-electron chi connectivity index (χ2n) is 8.00. The summed E-state index contributed by atoms with van der Waals surface area (Å²) in [6, 6.07) is 26.6. The number of benzene rings is 3. The van der Waals surface area contributed by atoms with Gasteiger partial charge < -0.3 is 14.9 Å². The molecule has 3 aromatic carbocycles. The van der Waals surface area contributed by atoms with Crippen molar-refractivity contribution < 1.29 is 4.79 Å². The number of hydrogen-bond donors (Lipinski definition) is 2. The number of hydrogen-bond acceptors (Lipinski definition) is 1. The minimum Gasteiger partial charge on any atom is -0.361 e. The molecule has 0 saturated carbocycles. The van der Waals surface area contributed by atoms with Gasteiger partial charge in [-0.05, 0) is 23.3 Å². The smallest absolute Gasteiger partial charge is 0.255 e. The third kappa shape index (κ3) is 2.88. The number of nitrogens with one attached hydrogen (secondary N) is 2. The summed E-state index contributed by atoms with van der Waals surface area (Å²) in [7, 11) is 0. The average molecular weight is 403 g/mol. The lowest BCUT2D eigenvalue weighted by molar-refractivity contribution is -0.124. The Morgan fingerprint density at radius 1 is 0.710 bits per heavy atom. The van der Waals surface area contributed by atoms with Crippen molar-refractivity contribution in [3.8, 4) is 0 Å². The summed E-state index contributed by atoms with van der Waals surface area (Å²) in [6.45, 7) is 1.18. The quantitative estimate of drug-likeness (QED) is 0.403. The van der Waals surface area contributed by atoms with E-state index in [1.807, 2.05) is 65.8 Å². The summed E-state index contributed by atoms with van der Waals surface area (Å²) in [5, 5.41) is 2.22. The van der Waals surface area contributed by atoms with Gasteiger partial charge in [-0.15, -0.1) is 0 Å². The Kier molecular flexibility index (Phi) is 4.03. The van der Waals surface area contributed by atoms with Crippen molar-refractivity contribution in [2.45, 2.75) is 6.54 Å². The van der Waals surface area contributed by atoms with Crippen LogP contribution in [0.2, 0.25) is 0 Å². The molecule has 2 N–H and O–H groups in total. The lowest BCUT2D eigenvalue weighted by Gasteiger charge is -2.17. The van der Waals surface area contributed by atoms with Gasteiger partial charge in [0.25, 0.3) is 5.91 Å². The van der Waals surface area contributed by atoms with Crippen LogP contribution in [-0.2, 0) is 11.3 Å². The number of amides is 1. The highest BCUT2D eigenvalue weighted by atomic mass is 16.2. The molecule has 6 rings (SSSR count). The van der Waals surface area contributed by atoms with Crippen LogP contribution in [0.5, 0.6) is 0 Å². The van der Waals surface area contributed by atoms with E-state index in [0.29, 0.717) is 13.1 Å². The van der Waals surface area contributed by atoms with Gasteiger partial charge in [-0.25, -0.2) is 0 Å². The van der Waals surface area contributed by atoms with Crippen molar-refractivity contribution in [1.82, 2.24) is 14.9 Å². The zero-order valence-electron chi connectivity index (χ0n) is 16.9. The standard InChI is InChI=1S/C27H21N3O/c31-27-26(22-15-29-25-13-7-5-11-20(22)25)23(17-30(27)16-18-8-2-1-3-9-18)21-14-28-24-12-6-4-10-19(21)24/h1-15,28-29H,16-17H2. The summed E-state index contributed by atoms with van der Waals surface area (Å²) in [4.78, 5) is 22.4. The Balaban J connectivity index is 1.53. The van der Waals surface area contributed by atoms with Crippen LogP contribution in [0.1, 0.15) is 16.7 Å². The Hall–Kier alpha value is -4.05. The van der Waals surface area contributed by atoms with E-state index in [1.54, 1.807) is 0 Å². The molecular formula is C27H21N3O. The number of carbonyl (C=O) groups excluding carboxylic acids is 1. The normalized spacial score (nSPS) is 14.3. The van der Waals surface area contributed by atoms with Gasteiger partial charge in [0, 0.05) is 58.4 Å². The second kappa shape index (κ2) is 7.03. The van der Waals surface area contributed by atoms with Crippen LogP contribution in [0.15, 0.2) is 91.3 Å². The summed E-state index contributed by atoms with van der Waals surface area (Å²) in [6.07, 6.45) is 4.01. The molecule has 3 heterocycles. The summed E-state index contributed by atoms with van der Waals surface area (Å²) in [5.74, 6) is 0.0777. The summed E-state index contributed by atoms with van der Waals surface area (Å²) in [5.41, 5.74) is 7.18. The molecule has 2 aromatic heterocycles. The van der Waals surface area contributed by atoms with Gasteiger partial charge in [-0.3, -0.25) is 4.79 Å². The Morgan fingerprint density at radius 2 is 1.29 bits per heavy atom. The Morgan fingerprint density at radius 3 is 2.00 bits per heavy atom. The van der Waals surface area contributed by atoms with E-state index < -0.39 is 0 Å². The van der Waals surface area contributed by atoms with Crippen LogP contribution >= 0.6 is 0 Å². The molecule has 0 spiro atoms. The zero-order valence-corrected chi connectivity index (χ0v) is 16.9. The molecule has 4 nitrogen and oxygen atoms in total. The molecule has 31 heavy (non-hydrogen) atoms. The van der Waals surface area contributed by atoms with E-state index in [-0.39, 0.29) is 5.91 Å². The molecule has 1 aliphatic heterocycles. The third-order valence-electron chi connectivity index (χ3n) is 6.14. The highest BCUT2D eigenvalue weighted by molar-refractivity contribution is 6.33. The predicted molar refractivity (Wildman–Crippen MR) is 125 cm³/mol. The first-order chi connectivity index (χ1) is 15.3. The molecule has 0 aliphatic carbocycles. The van der Waals surface area contributed by atoms with E-state index in [4.69, 9.17) is 0 Å². The second-order valence-corrected chi connectivity index (χ2v) is 8.00. The van der Waals surface area contributed by atoms with Crippen molar-refractivity contribution >= 4 is 38.9 Å². The maximum Gasteiger partial charge on any atom is 0.255 e. The van der Waals surface area contributed by atoms with Crippen molar-refractivity contribution in [3.63, 3.8) is 0 Å². The van der Waals surface area contributed by atoms with Crippen molar-refractivity contribution in [3.05, 3.63) is 108 Å². The van der Waals surface area contributed by atoms with Gasteiger partial charge in [-0.2, -0.15) is 0 Å². The van der Waals surface area contributed by atoms with Gasteiger partial charge in [0.2, 0.25) is 0 Å². The number of fused-ring (bicyclic) bond motifs is 2. The summed E-state index contributed by atoms with van der Waals surface area (Å²) >= 11 is 0. The van der Waals surface area contributed by atoms with Crippen LogP contribution in [0.4, 0.5) is 0 Å². The summed E-state index contributed by atoms with van der Waals surface area (Å²) < 4.78 is 0. The fourth-order valence-corrected chi connectivity index (χ4v) is 4.66. The predicted octanol–water partition coefficient (Wildman–Crippen LogP) is 5.60. The maximum absolute atomic E-state index is 13.7. The number of para-hydroxylation sites is 2. The fraction of sp³-hybridized carbons (Fsp3) is 0.0741. The van der Waals surface area contributed by atoms with Gasteiger partial charge in [0.1, 0.15) is 0 Å². The van der Waals surface area contributed by atoms with Crippen LogP contribution in [0.25, 0.3) is 33.0 Å². The number of aromatic nitrogens is 2. The first kappa shape index (κ1) is 17.8. The van der Waals surface area contributed by atoms with Gasteiger partial charge in [0.05, 0.1) is 5.57 Å². The lowest BCUT2D eigenvalue weighted by atomic mass is 9.96. The molecular weight excluding hydrogens is 382 g/mol. The monoisotopic (exact) mass is 403 g/mol. The van der Waals surface area contributed by atoms with Gasteiger partial charge in [0.15, 0.2) is 0 Å². The van der Waals surface area contributed by atoms with Gasteiger partial charge >= 0.3 is 0 Å². The van der Waals surface area contributed by atoms with E-state index in [2.05, 4.69) is 40.3 Å². The van der Waals surface area contributed by atoms with Crippen LogP contribution in [-0.4, -0.2) is 27.3 Å². The molecule has 0 fully saturated rings. The highest BCUT2D eigenvalue weighted by Crippen LogP contribution is 2.40. The molecule has 0 unspecified atom stereocenters. The van der Waals surface area contributed by atoms with Crippen molar-refractivity contribution in [2.75, 3.05) is 6.54 Å².